The maximum Gasteiger partial charge on any atom is 0.287 e. The van der Waals surface area contributed by atoms with Crippen molar-refractivity contribution < 1.29 is 4.79 Å². The zero-order chi connectivity index (χ0) is 15.1. The van der Waals surface area contributed by atoms with Gasteiger partial charge in [0.25, 0.3) is 5.56 Å². The number of rotatable bonds is 7. The van der Waals surface area contributed by atoms with Crippen molar-refractivity contribution in [3.8, 4) is 0 Å². The fourth-order valence-electron chi connectivity index (χ4n) is 1.53. The molecule has 0 unspecified atom stereocenters. The first-order chi connectivity index (χ1) is 9.45. The Bertz CT molecular complexity index is 514. The summed E-state index contributed by atoms with van der Waals surface area (Å²) in [4.78, 5) is 23.3. The van der Waals surface area contributed by atoms with E-state index in [2.05, 4.69) is 15.7 Å². The Labute approximate surface area is 123 Å². The van der Waals surface area contributed by atoms with Gasteiger partial charge in [-0.3, -0.25) is 9.59 Å². The Morgan fingerprint density at radius 1 is 1.50 bits per heavy atom. The number of hydrogen-bond donors (Lipinski definition) is 2. The van der Waals surface area contributed by atoms with Crippen molar-refractivity contribution in [2.24, 2.45) is 5.92 Å². The van der Waals surface area contributed by atoms with Crippen LogP contribution in [0.1, 0.15) is 27.2 Å². The van der Waals surface area contributed by atoms with Crippen molar-refractivity contribution >= 4 is 23.2 Å². The van der Waals surface area contributed by atoms with Crippen molar-refractivity contribution in [1.82, 2.24) is 15.1 Å². The summed E-state index contributed by atoms with van der Waals surface area (Å²) in [6.45, 7) is 7.42. The molecule has 6 nitrogen and oxygen atoms in total. The van der Waals surface area contributed by atoms with Crippen LogP contribution in [0.25, 0.3) is 0 Å². The molecule has 0 atom stereocenters. The molecule has 0 saturated carbocycles. The zero-order valence-corrected chi connectivity index (χ0v) is 12.8. The largest absolute Gasteiger partial charge is 0.382 e. The number of carbonyl (C=O) groups excluding carboxylic acids is 1. The normalized spacial score (nSPS) is 10.7. The third-order valence-electron chi connectivity index (χ3n) is 2.66. The average Bonchev–Trinajstić information content (AvgIpc) is 2.41. The maximum absolute atomic E-state index is 11.7. The monoisotopic (exact) mass is 300 g/mol. The minimum Gasteiger partial charge on any atom is -0.382 e. The van der Waals surface area contributed by atoms with E-state index in [9.17, 15) is 9.59 Å². The molecular formula is C13H21ClN4O2. The summed E-state index contributed by atoms with van der Waals surface area (Å²) in [5.41, 5.74) is 0.126. The molecule has 0 aliphatic heterocycles. The lowest BCUT2D eigenvalue weighted by molar-refractivity contribution is -0.120. The average molecular weight is 301 g/mol. The summed E-state index contributed by atoms with van der Waals surface area (Å²) in [5, 5.41) is 9.85. The van der Waals surface area contributed by atoms with Crippen LogP contribution in [0, 0.1) is 5.92 Å². The number of nitrogens with one attached hydrogen (secondary N) is 2. The number of nitrogens with zero attached hydrogens (tertiary/aromatic N) is 2. The van der Waals surface area contributed by atoms with Crippen molar-refractivity contribution in [3.63, 3.8) is 0 Å². The van der Waals surface area contributed by atoms with Gasteiger partial charge in [-0.15, -0.1) is 0 Å². The molecule has 0 bridgehead atoms. The number of carbonyl (C=O) groups is 1. The van der Waals surface area contributed by atoms with E-state index in [0.29, 0.717) is 37.7 Å². The Hall–Kier alpha value is -1.56. The molecule has 1 aromatic rings. The first-order valence-corrected chi connectivity index (χ1v) is 7.09. The number of aryl methyl sites for hydroxylation is 1. The van der Waals surface area contributed by atoms with Crippen molar-refractivity contribution in [2.45, 2.75) is 33.7 Å². The second-order valence-electron chi connectivity index (χ2n) is 4.87. The summed E-state index contributed by atoms with van der Waals surface area (Å²) >= 11 is 5.96. The molecule has 1 heterocycles. The van der Waals surface area contributed by atoms with Crippen molar-refractivity contribution in [1.29, 1.82) is 0 Å². The minimum absolute atomic E-state index is 0.0304. The Morgan fingerprint density at radius 2 is 2.20 bits per heavy atom. The molecule has 0 aromatic carbocycles. The van der Waals surface area contributed by atoms with E-state index in [-0.39, 0.29) is 16.5 Å². The van der Waals surface area contributed by atoms with Crippen LogP contribution in [0.5, 0.6) is 0 Å². The van der Waals surface area contributed by atoms with Gasteiger partial charge >= 0.3 is 0 Å². The molecule has 0 fully saturated rings. The lowest BCUT2D eigenvalue weighted by Gasteiger charge is -2.10. The summed E-state index contributed by atoms with van der Waals surface area (Å²) in [5.74, 6) is 0.393. The van der Waals surface area contributed by atoms with Gasteiger partial charge in [0.15, 0.2) is 0 Å². The third kappa shape index (κ3) is 4.85. The fraction of sp³-hybridized carbons (Fsp3) is 0.615. The predicted octanol–water partition coefficient (Wildman–Crippen LogP) is 1.49. The Morgan fingerprint density at radius 3 is 2.80 bits per heavy atom. The smallest absolute Gasteiger partial charge is 0.287 e. The van der Waals surface area contributed by atoms with Crippen molar-refractivity contribution in [3.05, 3.63) is 21.6 Å². The molecule has 2 N–H and O–H groups in total. The molecule has 0 aliphatic rings. The molecule has 0 aliphatic carbocycles. The number of anilines is 1. The molecule has 1 aromatic heterocycles. The van der Waals surface area contributed by atoms with Gasteiger partial charge in [-0.05, 0) is 12.8 Å². The van der Waals surface area contributed by atoms with Gasteiger partial charge < -0.3 is 10.6 Å². The molecule has 1 amide bonds. The standard InChI is InChI=1S/C13H21ClN4O2/c1-4-18-13(20)12(14)10(8-17-18)15-6-5-11(19)16-7-9(2)3/h8-9,15H,4-7H2,1-3H3,(H,16,19). The van der Waals surface area contributed by atoms with Crippen LogP contribution >= 0.6 is 11.6 Å². The van der Waals surface area contributed by atoms with E-state index in [1.807, 2.05) is 20.8 Å². The number of hydrogen-bond acceptors (Lipinski definition) is 4. The van der Waals surface area contributed by atoms with E-state index in [0.717, 1.165) is 0 Å². The lowest BCUT2D eigenvalue weighted by Crippen LogP contribution is -2.29. The number of amides is 1. The highest BCUT2D eigenvalue weighted by Crippen LogP contribution is 2.14. The summed E-state index contributed by atoms with van der Waals surface area (Å²) in [6, 6.07) is 0. The summed E-state index contributed by atoms with van der Waals surface area (Å²) in [6.07, 6.45) is 1.82. The molecular weight excluding hydrogens is 280 g/mol. The van der Waals surface area contributed by atoms with Crippen molar-refractivity contribution in [2.75, 3.05) is 18.4 Å². The highest BCUT2D eigenvalue weighted by Gasteiger charge is 2.08. The zero-order valence-electron chi connectivity index (χ0n) is 12.1. The Balaban J connectivity index is 2.49. The van der Waals surface area contributed by atoms with E-state index >= 15 is 0 Å². The molecule has 7 heteroatoms. The van der Waals surface area contributed by atoms with E-state index in [1.54, 1.807) is 0 Å². The molecule has 1 rings (SSSR count). The third-order valence-corrected chi connectivity index (χ3v) is 3.02. The fourth-order valence-corrected chi connectivity index (χ4v) is 1.74. The summed E-state index contributed by atoms with van der Waals surface area (Å²) in [7, 11) is 0. The van der Waals surface area contributed by atoms with Gasteiger partial charge in [0.2, 0.25) is 5.91 Å². The van der Waals surface area contributed by atoms with Gasteiger partial charge in [-0.2, -0.15) is 5.10 Å². The molecule has 0 saturated heterocycles. The Kier molecular flexibility index (Phi) is 6.51. The van der Waals surface area contributed by atoms with Crippen LogP contribution in [0.4, 0.5) is 5.69 Å². The van der Waals surface area contributed by atoms with Crippen LogP contribution in [0.3, 0.4) is 0 Å². The van der Waals surface area contributed by atoms with Gasteiger partial charge in [-0.25, -0.2) is 4.68 Å². The topological polar surface area (TPSA) is 76.0 Å². The van der Waals surface area contributed by atoms with Gasteiger partial charge in [0, 0.05) is 26.1 Å². The summed E-state index contributed by atoms with van der Waals surface area (Å²) < 4.78 is 1.28. The van der Waals surface area contributed by atoms with Gasteiger partial charge in [0.1, 0.15) is 5.02 Å². The van der Waals surface area contributed by atoms with Crippen LogP contribution < -0.4 is 16.2 Å². The first kappa shape index (κ1) is 16.5. The molecule has 0 spiro atoms. The highest BCUT2D eigenvalue weighted by atomic mass is 35.5. The quantitative estimate of drug-likeness (QED) is 0.800. The predicted molar refractivity (Wildman–Crippen MR) is 80.1 cm³/mol. The first-order valence-electron chi connectivity index (χ1n) is 6.71. The van der Waals surface area contributed by atoms with Crippen LogP contribution in [-0.2, 0) is 11.3 Å². The van der Waals surface area contributed by atoms with Crippen LogP contribution in [0.2, 0.25) is 5.02 Å². The second kappa shape index (κ2) is 7.89. The molecule has 0 radical (unpaired) electrons. The number of aromatic nitrogens is 2. The second-order valence-corrected chi connectivity index (χ2v) is 5.25. The molecule has 20 heavy (non-hydrogen) atoms. The van der Waals surface area contributed by atoms with E-state index in [4.69, 9.17) is 11.6 Å². The van der Waals surface area contributed by atoms with Gasteiger partial charge in [0.05, 0.1) is 11.9 Å². The van der Waals surface area contributed by atoms with Gasteiger partial charge in [-0.1, -0.05) is 25.4 Å². The number of halogens is 1. The SMILES string of the molecule is CCn1ncc(NCCC(=O)NCC(C)C)c(Cl)c1=O. The lowest BCUT2D eigenvalue weighted by atomic mass is 10.2. The van der Waals surface area contributed by atoms with E-state index in [1.165, 1.54) is 10.9 Å². The van der Waals surface area contributed by atoms with Crippen LogP contribution in [-0.4, -0.2) is 28.8 Å². The van der Waals surface area contributed by atoms with E-state index < -0.39 is 0 Å². The maximum atomic E-state index is 11.7. The highest BCUT2D eigenvalue weighted by molar-refractivity contribution is 6.32. The minimum atomic E-state index is -0.330. The molecule has 112 valence electrons. The van der Waals surface area contributed by atoms with Crippen LogP contribution in [0.15, 0.2) is 11.0 Å².